The van der Waals surface area contributed by atoms with Crippen LogP contribution in [-0.2, 0) is 15.8 Å². The van der Waals surface area contributed by atoms with Gasteiger partial charge in [0.25, 0.3) is 0 Å². The number of aliphatic hydroxyl groups is 1. The maximum Gasteiger partial charge on any atom is 0.191 e. The number of benzene rings is 1. The fourth-order valence-electron chi connectivity index (χ4n) is 6.30. The van der Waals surface area contributed by atoms with Crippen LogP contribution in [0, 0.1) is 16.7 Å². The zero-order chi connectivity index (χ0) is 27.7. The number of allylic oxidation sites excluding steroid dienone is 2. The van der Waals surface area contributed by atoms with Crippen molar-refractivity contribution in [2.24, 2.45) is 16.7 Å². The average molecular weight is 527 g/mol. The molecule has 2 bridgehead atoms. The van der Waals surface area contributed by atoms with Gasteiger partial charge in [-0.25, -0.2) is 0 Å². The Morgan fingerprint density at radius 1 is 1.19 bits per heavy atom. The molecule has 0 spiro atoms. The first-order valence-electron chi connectivity index (χ1n) is 13.8. The highest BCUT2D eigenvalue weighted by molar-refractivity contribution is 6.74. The topological polar surface area (TPSA) is 47.9 Å². The van der Waals surface area contributed by atoms with Gasteiger partial charge in [-0.3, -0.25) is 0 Å². The van der Waals surface area contributed by atoms with E-state index in [4.69, 9.17) is 13.9 Å². The van der Waals surface area contributed by atoms with E-state index in [1.54, 1.807) is 7.11 Å². The lowest BCUT2D eigenvalue weighted by Crippen LogP contribution is -2.53. The monoisotopic (exact) mass is 526 g/mol. The van der Waals surface area contributed by atoms with Crippen molar-refractivity contribution in [3.8, 4) is 5.75 Å². The largest absolute Gasteiger partial charge is 0.497 e. The van der Waals surface area contributed by atoms with E-state index in [9.17, 15) is 5.11 Å². The third-order valence-corrected chi connectivity index (χ3v) is 14.4. The van der Waals surface area contributed by atoms with Gasteiger partial charge < -0.3 is 19.0 Å². The second-order valence-corrected chi connectivity index (χ2v) is 18.0. The zero-order valence-electron chi connectivity index (χ0n) is 24.5. The Labute approximate surface area is 226 Å². The fourth-order valence-corrected chi connectivity index (χ4v) is 7.39. The van der Waals surface area contributed by atoms with E-state index in [-0.39, 0.29) is 22.5 Å². The van der Waals surface area contributed by atoms with Gasteiger partial charge in [-0.05, 0) is 78.9 Å². The normalized spacial score (nSPS) is 29.1. The molecule has 4 nitrogen and oxygen atoms in total. The Balaban J connectivity index is 1.72. The van der Waals surface area contributed by atoms with Crippen LogP contribution in [0.2, 0.25) is 18.1 Å². The van der Waals surface area contributed by atoms with Gasteiger partial charge in [0.15, 0.2) is 8.32 Å². The quantitative estimate of drug-likeness (QED) is 0.130. The van der Waals surface area contributed by atoms with Crippen LogP contribution in [0.1, 0.15) is 65.9 Å². The molecule has 0 saturated heterocycles. The van der Waals surface area contributed by atoms with Crippen molar-refractivity contribution in [2.45, 2.75) is 96.7 Å². The summed E-state index contributed by atoms with van der Waals surface area (Å²) < 4.78 is 18.2. The summed E-state index contributed by atoms with van der Waals surface area (Å²) in [5.74, 6) is 1.06. The van der Waals surface area contributed by atoms with Gasteiger partial charge in [-0.1, -0.05) is 71.1 Å². The number of hydrogen-bond donors (Lipinski definition) is 1. The van der Waals surface area contributed by atoms with Crippen molar-refractivity contribution in [2.75, 3.05) is 13.7 Å². The molecule has 0 radical (unpaired) electrons. The van der Waals surface area contributed by atoms with Crippen LogP contribution in [0.15, 0.2) is 61.2 Å². The lowest BCUT2D eigenvalue weighted by atomic mass is 9.62. The molecule has 0 unspecified atom stereocenters. The van der Waals surface area contributed by atoms with Gasteiger partial charge in [0.05, 0.1) is 19.8 Å². The lowest BCUT2D eigenvalue weighted by molar-refractivity contribution is -0.133. The van der Waals surface area contributed by atoms with Crippen LogP contribution in [0.3, 0.4) is 0 Å². The molecule has 4 atom stereocenters. The fraction of sp³-hybridized carbons (Fsp3) is 0.625. The Hall–Kier alpha value is -1.66. The van der Waals surface area contributed by atoms with E-state index in [0.29, 0.717) is 6.61 Å². The molecule has 3 rings (SSSR count). The molecule has 37 heavy (non-hydrogen) atoms. The second-order valence-electron chi connectivity index (χ2n) is 13.2. The number of methoxy groups -OCH3 is 1. The van der Waals surface area contributed by atoms with Gasteiger partial charge >= 0.3 is 0 Å². The third kappa shape index (κ3) is 5.43. The molecule has 0 amide bonds. The summed E-state index contributed by atoms with van der Waals surface area (Å²) in [6.07, 6.45) is 9.34. The van der Waals surface area contributed by atoms with Crippen molar-refractivity contribution in [1.82, 2.24) is 0 Å². The van der Waals surface area contributed by atoms with E-state index in [0.717, 1.165) is 49.2 Å². The number of hydrogen-bond acceptors (Lipinski definition) is 4. The molecule has 1 aromatic carbocycles. The first-order chi connectivity index (χ1) is 17.1. The maximum absolute atomic E-state index is 12.3. The standard InChI is InChI=1S/C32H50O4Si/c1-11-31-20-19-27(30(31,6)7)28(35-23-25-14-16-26(34-8)17-15-25)32(31,33)21-18-24(2)13-12-22-36-37(9,10)29(3,4)5/h11,14-18,21,27-28,33H,1-2,12-13,19-20,22-23H2,3-10H3/b21-18-/t27-,28-,31-,32-/m1/s1. The van der Waals surface area contributed by atoms with Crippen molar-refractivity contribution in [1.29, 1.82) is 0 Å². The third-order valence-electron chi connectivity index (χ3n) is 9.86. The van der Waals surface area contributed by atoms with E-state index < -0.39 is 19.3 Å². The molecule has 2 saturated carbocycles. The minimum Gasteiger partial charge on any atom is -0.497 e. The summed E-state index contributed by atoms with van der Waals surface area (Å²) in [4.78, 5) is 0. The minimum atomic E-state index is -1.74. The molecule has 0 aliphatic heterocycles. The van der Waals surface area contributed by atoms with Crippen LogP contribution >= 0.6 is 0 Å². The highest BCUT2D eigenvalue weighted by Gasteiger charge is 2.74. The zero-order valence-corrected chi connectivity index (χ0v) is 25.5. The summed E-state index contributed by atoms with van der Waals surface area (Å²) in [5.41, 5.74) is 0.343. The molecule has 1 N–H and O–H groups in total. The highest BCUT2D eigenvalue weighted by atomic mass is 28.4. The molecule has 2 fully saturated rings. The van der Waals surface area contributed by atoms with E-state index in [2.05, 4.69) is 60.9 Å². The Morgan fingerprint density at radius 3 is 2.41 bits per heavy atom. The molecule has 0 aromatic heterocycles. The second kappa shape index (κ2) is 10.8. The summed E-state index contributed by atoms with van der Waals surface area (Å²) in [5, 5.41) is 12.6. The molecule has 206 valence electrons. The molecular formula is C32H50O4Si. The smallest absolute Gasteiger partial charge is 0.191 e. The van der Waals surface area contributed by atoms with Crippen LogP contribution in [0.25, 0.3) is 0 Å². The van der Waals surface area contributed by atoms with Gasteiger partial charge in [0.2, 0.25) is 0 Å². The SMILES string of the molecule is C=C[C@]12CC[C@H]([C@@H](OCc3ccc(OC)cc3)[C@]1(O)/C=C\C(=C)CCCO[Si](C)(C)C(C)(C)C)C2(C)C. The molecular weight excluding hydrogens is 476 g/mol. The first-order valence-corrected chi connectivity index (χ1v) is 16.7. The summed E-state index contributed by atoms with van der Waals surface area (Å²) in [7, 11) is -0.0769. The van der Waals surface area contributed by atoms with Crippen molar-refractivity contribution >= 4 is 8.32 Å². The molecule has 0 heterocycles. The Bertz CT molecular complexity index is 987. The first kappa shape index (κ1) is 29.9. The maximum atomic E-state index is 12.3. The van der Waals surface area contributed by atoms with Crippen LogP contribution in [0.5, 0.6) is 5.75 Å². The number of ether oxygens (including phenoxy) is 2. The predicted octanol–water partition coefficient (Wildman–Crippen LogP) is 7.85. The van der Waals surface area contributed by atoms with Crippen molar-refractivity contribution < 1.29 is 19.0 Å². The average Bonchev–Trinajstić information content (AvgIpc) is 3.17. The van der Waals surface area contributed by atoms with Gasteiger partial charge in [0.1, 0.15) is 11.4 Å². The Kier molecular flexibility index (Phi) is 8.75. The minimum absolute atomic E-state index is 0.128. The molecule has 2 aliphatic rings. The van der Waals surface area contributed by atoms with E-state index >= 15 is 0 Å². The summed E-state index contributed by atoms with van der Waals surface area (Å²) >= 11 is 0. The van der Waals surface area contributed by atoms with Crippen molar-refractivity contribution in [3.63, 3.8) is 0 Å². The molecule has 2 aliphatic carbocycles. The van der Waals surface area contributed by atoms with Crippen LogP contribution in [0.4, 0.5) is 0 Å². The van der Waals surface area contributed by atoms with Crippen LogP contribution < -0.4 is 4.74 Å². The number of fused-ring (bicyclic) bond motifs is 2. The summed E-state index contributed by atoms with van der Waals surface area (Å²) in [6.45, 7) is 25.6. The van der Waals surface area contributed by atoms with Gasteiger partial charge in [0, 0.05) is 12.0 Å². The Morgan fingerprint density at radius 2 is 1.84 bits per heavy atom. The van der Waals surface area contributed by atoms with E-state index in [1.807, 2.05) is 42.5 Å². The van der Waals surface area contributed by atoms with E-state index in [1.165, 1.54) is 0 Å². The predicted molar refractivity (Wildman–Crippen MR) is 156 cm³/mol. The molecule has 5 heteroatoms. The number of rotatable bonds is 12. The summed E-state index contributed by atoms with van der Waals surface area (Å²) in [6, 6.07) is 7.92. The van der Waals surface area contributed by atoms with Crippen LogP contribution in [-0.4, -0.2) is 38.8 Å². The van der Waals surface area contributed by atoms with Gasteiger partial charge in [-0.15, -0.1) is 6.58 Å². The lowest BCUT2D eigenvalue weighted by Gasteiger charge is -2.46. The van der Waals surface area contributed by atoms with Gasteiger partial charge in [-0.2, -0.15) is 0 Å². The van der Waals surface area contributed by atoms with Crippen molar-refractivity contribution in [3.05, 3.63) is 66.8 Å². The molecule has 1 aromatic rings. The highest BCUT2D eigenvalue weighted by Crippen LogP contribution is 2.71.